The molecule has 1 N–H and O–H groups in total. The number of carbonyl (C=O) groups is 2. The van der Waals surface area contributed by atoms with Crippen molar-refractivity contribution in [1.29, 1.82) is 0 Å². The Kier molecular flexibility index (Phi) is 3.70. The summed E-state index contributed by atoms with van der Waals surface area (Å²) >= 11 is 0. The van der Waals surface area contributed by atoms with E-state index in [2.05, 4.69) is 4.43 Å². The Balaban J connectivity index is 3.28. The molecule has 0 aromatic rings. The summed E-state index contributed by atoms with van der Waals surface area (Å²) in [4.78, 5) is 20.1. The van der Waals surface area contributed by atoms with Gasteiger partial charge in [0.15, 0.2) is 0 Å². The van der Waals surface area contributed by atoms with Crippen LogP contribution in [-0.4, -0.2) is 27.5 Å². The van der Waals surface area contributed by atoms with Gasteiger partial charge in [-0.25, -0.2) is 0 Å². The van der Waals surface area contributed by atoms with E-state index in [9.17, 15) is 9.59 Å². The average molecular weight is 148 g/mol. The van der Waals surface area contributed by atoms with E-state index in [1.54, 1.807) is 0 Å². The highest BCUT2D eigenvalue weighted by atomic mass is 28.2. The molecule has 0 bridgehead atoms. The van der Waals surface area contributed by atoms with Gasteiger partial charge in [0.25, 0.3) is 5.97 Å². The van der Waals surface area contributed by atoms with E-state index in [1.165, 1.54) is 0 Å². The van der Waals surface area contributed by atoms with E-state index >= 15 is 0 Å². The van der Waals surface area contributed by atoms with Crippen molar-refractivity contribution >= 4 is 22.4 Å². The molecule has 0 heterocycles. The summed E-state index contributed by atoms with van der Waals surface area (Å²) in [6.45, 7) is 0. The molecule has 0 spiro atoms. The summed E-state index contributed by atoms with van der Waals surface area (Å²) in [7, 11) is 0.340. The molecule has 9 heavy (non-hydrogen) atoms. The molecule has 0 unspecified atom stereocenters. The monoisotopic (exact) mass is 148 g/mol. The maximum atomic E-state index is 10.3. The molecule has 0 aliphatic heterocycles. The van der Waals surface area contributed by atoms with Crippen molar-refractivity contribution in [3.8, 4) is 0 Å². The van der Waals surface area contributed by atoms with Crippen LogP contribution in [0.5, 0.6) is 0 Å². The largest absolute Gasteiger partial charge is 0.529 e. The Morgan fingerprint density at radius 3 is 2.33 bits per heavy atom. The minimum atomic E-state index is -0.970. The number of rotatable bonds is 3. The van der Waals surface area contributed by atoms with Crippen LogP contribution in [0.3, 0.4) is 0 Å². The molecule has 52 valence electrons. The molecule has 4 nitrogen and oxygen atoms in total. The van der Waals surface area contributed by atoms with Gasteiger partial charge in [0.1, 0.15) is 0 Å². The van der Waals surface area contributed by atoms with Crippen molar-refractivity contribution < 1.29 is 19.1 Å². The zero-order valence-electron chi connectivity index (χ0n) is 5.09. The molecule has 0 aliphatic carbocycles. The smallest absolute Gasteiger partial charge is 0.303 e. The molecule has 5 heteroatoms. The lowest BCUT2D eigenvalue weighted by Crippen LogP contribution is -2.04. The molecule has 0 amide bonds. The lowest BCUT2D eigenvalue weighted by molar-refractivity contribution is -0.142. The van der Waals surface area contributed by atoms with E-state index in [4.69, 9.17) is 5.11 Å². The van der Waals surface area contributed by atoms with Crippen molar-refractivity contribution in [1.82, 2.24) is 0 Å². The number of carbonyl (C=O) groups excluding carboxylic acids is 1. The van der Waals surface area contributed by atoms with Crippen LogP contribution in [0.1, 0.15) is 12.8 Å². The van der Waals surface area contributed by atoms with Crippen LogP contribution < -0.4 is 0 Å². The van der Waals surface area contributed by atoms with Crippen molar-refractivity contribution in [2.45, 2.75) is 12.8 Å². The van der Waals surface area contributed by atoms with Gasteiger partial charge in [-0.1, -0.05) is 0 Å². The first-order valence-electron chi connectivity index (χ1n) is 2.45. The normalized spacial score (nSPS) is 8.89. The Bertz CT molecular complexity index is 122. The second-order valence-corrected chi connectivity index (χ2v) is 1.88. The van der Waals surface area contributed by atoms with Gasteiger partial charge in [-0.2, -0.15) is 0 Å². The first kappa shape index (κ1) is 8.16. The third-order valence-electron chi connectivity index (χ3n) is 0.771. The molecule has 0 saturated heterocycles. The minimum Gasteiger partial charge on any atom is -0.529 e. The topological polar surface area (TPSA) is 63.6 Å². The first-order valence-corrected chi connectivity index (χ1v) is 3.27. The van der Waals surface area contributed by atoms with Crippen molar-refractivity contribution in [3.05, 3.63) is 0 Å². The van der Waals surface area contributed by atoms with Gasteiger partial charge in [-0.3, -0.25) is 9.59 Å². The molecular weight excluding hydrogens is 140 g/mol. The predicted molar refractivity (Wildman–Crippen MR) is 32.9 cm³/mol. The zero-order chi connectivity index (χ0) is 7.28. The molecule has 0 atom stereocenters. The molecule has 0 rings (SSSR count). The maximum absolute atomic E-state index is 10.3. The Labute approximate surface area is 55.4 Å². The minimum absolute atomic E-state index is 0.0150. The van der Waals surface area contributed by atoms with Crippen LogP contribution in [0.25, 0.3) is 0 Å². The highest BCUT2D eigenvalue weighted by molar-refractivity contribution is 6.05. The SMILES string of the molecule is O=C(O)CCC(=O)O[SiH3]. The van der Waals surface area contributed by atoms with E-state index < -0.39 is 11.9 Å². The number of hydrogen-bond donors (Lipinski definition) is 1. The number of carboxylic acids is 1. The Morgan fingerprint density at radius 2 is 2.00 bits per heavy atom. The van der Waals surface area contributed by atoms with Crippen LogP contribution in [0, 0.1) is 0 Å². The van der Waals surface area contributed by atoms with Crippen LogP contribution in [0.15, 0.2) is 0 Å². The van der Waals surface area contributed by atoms with Crippen LogP contribution in [0.2, 0.25) is 0 Å². The molecule has 0 aromatic heterocycles. The van der Waals surface area contributed by atoms with Gasteiger partial charge in [0, 0.05) is 0 Å². The predicted octanol–water partition coefficient (Wildman–Crippen LogP) is -1.33. The first-order chi connectivity index (χ1) is 4.16. The van der Waals surface area contributed by atoms with Crippen molar-refractivity contribution in [2.75, 3.05) is 0 Å². The fourth-order valence-corrected chi connectivity index (χ4v) is 0.515. The average Bonchev–Trinajstić information content (AvgIpc) is 1.83. The molecule has 0 aliphatic rings. The fraction of sp³-hybridized carbons (Fsp3) is 0.500. The lowest BCUT2D eigenvalue weighted by atomic mass is 10.3. The van der Waals surface area contributed by atoms with E-state index in [0.29, 0.717) is 10.5 Å². The summed E-state index contributed by atoms with van der Waals surface area (Å²) in [6, 6.07) is 0. The van der Waals surface area contributed by atoms with Gasteiger partial charge < -0.3 is 9.53 Å². The van der Waals surface area contributed by atoms with Crippen LogP contribution in [-0.2, 0) is 14.0 Å². The lowest BCUT2D eigenvalue weighted by Gasteiger charge is -1.93. The van der Waals surface area contributed by atoms with E-state index in [1.807, 2.05) is 0 Å². The standard InChI is InChI=1S/C4H8O4Si/c5-3(6)1-2-4(7)8-9/h1-2H2,9H3,(H,5,6). The molecule has 0 radical (unpaired) electrons. The number of hydrogen-bond acceptors (Lipinski definition) is 3. The van der Waals surface area contributed by atoms with Gasteiger partial charge >= 0.3 is 5.97 Å². The van der Waals surface area contributed by atoms with Crippen molar-refractivity contribution in [2.24, 2.45) is 0 Å². The summed E-state index contributed by atoms with van der Waals surface area (Å²) < 4.78 is 4.34. The number of aliphatic carboxylic acids is 1. The highest BCUT2D eigenvalue weighted by Crippen LogP contribution is 1.89. The Hall–Kier alpha value is -0.843. The van der Waals surface area contributed by atoms with E-state index in [0.717, 1.165) is 0 Å². The second-order valence-electron chi connectivity index (χ2n) is 1.47. The fourth-order valence-electron chi connectivity index (χ4n) is 0.311. The summed E-state index contributed by atoms with van der Waals surface area (Å²) in [5.41, 5.74) is 0. The molecule has 0 saturated carbocycles. The quantitative estimate of drug-likeness (QED) is 0.504. The second kappa shape index (κ2) is 4.08. The van der Waals surface area contributed by atoms with Gasteiger partial charge in [-0.05, 0) is 0 Å². The van der Waals surface area contributed by atoms with Gasteiger partial charge in [-0.15, -0.1) is 0 Å². The van der Waals surface area contributed by atoms with Crippen LogP contribution >= 0.6 is 0 Å². The summed E-state index contributed by atoms with van der Waals surface area (Å²) in [5, 5.41) is 8.06. The molecular formula is C4H8O4Si. The maximum Gasteiger partial charge on any atom is 0.303 e. The number of carboxylic acid groups (broad SMARTS) is 1. The van der Waals surface area contributed by atoms with Crippen molar-refractivity contribution in [3.63, 3.8) is 0 Å². The third kappa shape index (κ3) is 5.02. The zero-order valence-corrected chi connectivity index (χ0v) is 7.09. The highest BCUT2D eigenvalue weighted by Gasteiger charge is 2.02. The molecule has 0 aromatic carbocycles. The van der Waals surface area contributed by atoms with Gasteiger partial charge in [0.05, 0.1) is 12.8 Å². The van der Waals surface area contributed by atoms with Crippen LogP contribution in [0.4, 0.5) is 0 Å². The third-order valence-corrected chi connectivity index (χ3v) is 1.23. The Morgan fingerprint density at radius 1 is 1.44 bits per heavy atom. The van der Waals surface area contributed by atoms with Gasteiger partial charge in [0.2, 0.25) is 10.5 Å². The molecule has 0 fully saturated rings. The summed E-state index contributed by atoms with van der Waals surface area (Å²) in [5.74, 6) is -1.40. The van der Waals surface area contributed by atoms with E-state index in [-0.39, 0.29) is 12.8 Å². The summed E-state index contributed by atoms with van der Waals surface area (Å²) in [6.07, 6.45) is -0.153.